The number of pyridine rings is 1. The third-order valence-corrected chi connectivity index (χ3v) is 4.08. The molecule has 94 valence electrons. The lowest BCUT2D eigenvalue weighted by molar-refractivity contribution is 0.980. The molecule has 0 amide bonds. The molecule has 0 unspecified atom stereocenters. The predicted octanol–water partition coefficient (Wildman–Crippen LogP) is 3.61. The van der Waals surface area contributed by atoms with Crippen molar-refractivity contribution in [3.05, 3.63) is 69.7 Å². The average Bonchev–Trinajstić information content (AvgIpc) is 2.44. The summed E-state index contributed by atoms with van der Waals surface area (Å²) in [7, 11) is 0. The Labute approximate surface area is 122 Å². The van der Waals surface area contributed by atoms with E-state index in [9.17, 15) is 4.79 Å². The van der Waals surface area contributed by atoms with E-state index in [1.54, 1.807) is 16.8 Å². The Morgan fingerprint density at radius 3 is 2.68 bits per heavy atom. The van der Waals surface area contributed by atoms with E-state index >= 15 is 0 Å². The average molecular weight is 333 g/mol. The van der Waals surface area contributed by atoms with Crippen LogP contribution in [0.1, 0.15) is 0 Å². The number of benzene rings is 1. The fraction of sp³-hybridized carbons (Fsp3) is 0. The van der Waals surface area contributed by atoms with E-state index in [1.165, 1.54) is 11.8 Å². The zero-order valence-corrected chi connectivity index (χ0v) is 12.2. The van der Waals surface area contributed by atoms with Gasteiger partial charge in [0.15, 0.2) is 0 Å². The van der Waals surface area contributed by atoms with Crippen LogP contribution in [0.25, 0.3) is 5.65 Å². The third-order valence-electron chi connectivity index (χ3n) is 2.61. The van der Waals surface area contributed by atoms with Crippen LogP contribution >= 0.6 is 27.7 Å². The second-order valence-electron chi connectivity index (χ2n) is 3.92. The summed E-state index contributed by atoms with van der Waals surface area (Å²) >= 11 is 4.79. The molecule has 2 heterocycles. The highest BCUT2D eigenvalue weighted by molar-refractivity contribution is 9.10. The molecule has 0 aliphatic rings. The Balaban J connectivity index is 2.10. The molecule has 2 aromatic heterocycles. The summed E-state index contributed by atoms with van der Waals surface area (Å²) in [6, 6.07) is 13.5. The van der Waals surface area contributed by atoms with E-state index in [0.717, 1.165) is 9.37 Å². The van der Waals surface area contributed by atoms with Gasteiger partial charge in [-0.05, 0) is 40.2 Å². The topological polar surface area (TPSA) is 34.4 Å². The van der Waals surface area contributed by atoms with Gasteiger partial charge >= 0.3 is 0 Å². The summed E-state index contributed by atoms with van der Waals surface area (Å²) in [4.78, 5) is 18.3. The van der Waals surface area contributed by atoms with Crippen LogP contribution in [-0.2, 0) is 0 Å². The minimum atomic E-state index is -0.0554. The van der Waals surface area contributed by atoms with E-state index in [1.807, 2.05) is 42.5 Å². The highest BCUT2D eigenvalue weighted by Gasteiger charge is 2.06. The first-order valence-electron chi connectivity index (χ1n) is 5.64. The highest BCUT2D eigenvalue weighted by Crippen LogP contribution is 2.24. The number of aromatic nitrogens is 2. The zero-order chi connectivity index (χ0) is 13.2. The third kappa shape index (κ3) is 2.57. The van der Waals surface area contributed by atoms with Crippen LogP contribution in [-0.4, -0.2) is 9.38 Å². The summed E-state index contributed by atoms with van der Waals surface area (Å²) in [5.74, 6) is 0. The van der Waals surface area contributed by atoms with Gasteiger partial charge in [0.2, 0.25) is 0 Å². The van der Waals surface area contributed by atoms with Crippen molar-refractivity contribution in [3.63, 3.8) is 0 Å². The van der Waals surface area contributed by atoms with Crippen LogP contribution in [0.2, 0.25) is 0 Å². The quantitative estimate of drug-likeness (QED) is 0.719. The first-order valence-corrected chi connectivity index (χ1v) is 7.25. The van der Waals surface area contributed by atoms with Gasteiger partial charge in [-0.25, -0.2) is 4.98 Å². The van der Waals surface area contributed by atoms with Crippen LogP contribution in [0.15, 0.2) is 73.9 Å². The van der Waals surface area contributed by atoms with Crippen molar-refractivity contribution in [2.24, 2.45) is 0 Å². The molecule has 5 heteroatoms. The molecule has 3 nitrogen and oxygen atoms in total. The smallest absolute Gasteiger partial charge is 0.268 e. The Hall–Kier alpha value is -1.59. The number of hydrogen-bond donors (Lipinski definition) is 0. The molecule has 3 aromatic rings. The Morgan fingerprint density at radius 2 is 1.89 bits per heavy atom. The lowest BCUT2D eigenvalue weighted by Crippen LogP contribution is -2.16. The summed E-state index contributed by atoms with van der Waals surface area (Å²) in [5.41, 5.74) is 0.589. The molecule has 0 spiro atoms. The van der Waals surface area contributed by atoms with Crippen molar-refractivity contribution >= 4 is 33.3 Å². The maximum Gasteiger partial charge on any atom is 0.271 e. The molecule has 0 fully saturated rings. The molecule has 19 heavy (non-hydrogen) atoms. The number of hydrogen-bond acceptors (Lipinski definition) is 3. The maximum atomic E-state index is 12.4. The predicted molar refractivity (Wildman–Crippen MR) is 79.7 cm³/mol. The van der Waals surface area contributed by atoms with Gasteiger partial charge in [0.1, 0.15) is 5.65 Å². The van der Waals surface area contributed by atoms with Gasteiger partial charge in [-0.15, -0.1) is 0 Å². The largest absolute Gasteiger partial charge is 0.271 e. The number of halogens is 1. The van der Waals surface area contributed by atoms with Gasteiger partial charge in [0.05, 0.1) is 4.90 Å². The van der Waals surface area contributed by atoms with Crippen molar-refractivity contribution in [2.45, 2.75) is 9.79 Å². The first kappa shape index (κ1) is 12.4. The zero-order valence-electron chi connectivity index (χ0n) is 9.79. The van der Waals surface area contributed by atoms with Crippen molar-refractivity contribution < 1.29 is 0 Å². The molecule has 0 aliphatic carbocycles. The van der Waals surface area contributed by atoms with Crippen LogP contribution in [0, 0.1) is 0 Å². The van der Waals surface area contributed by atoms with Gasteiger partial charge in [-0.2, -0.15) is 0 Å². The van der Waals surface area contributed by atoms with Crippen molar-refractivity contribution in [3.8, 4) is 0 Å². The lowest BCUT2D eigenvalue weighted by Gasteiger charge is -2.04. The molecule has 0 saturated heterocycles. The standard InChI is InChI=1S/C14H9BrN2OS/c15-10-6-7-13-16-8-12(14(18)17(13)9-10)19-11-4-2-1-3-5-11/h1-9H. The molecule has 3 rings (SSSR count). The molecule has 1 aromatic carbocycles. The van der Waals surface area contributed by atoms with E-state index in [2.05, 4.69) is 20.9 Å². The van der Waals surface area contributed by atoms with Crippen molar-refractivity contribution in [1.29, 1.82) is 0 Å². The van der Waals surface area contributed by atoms with E-state index in [-0.39, 0.29) is 5.56 Å². The summed E-state index contributed by atoms with van der Waals surface area (Å²) in [5, 5.41) is 0. The van der Waals surface area contributed by atoms with Crippen LogP contribution in [0.5, 0.6) is 0 Å². The van der Waals surface area contributed by atoms with Crippen LogP contribution in [0.3, 0.4) is 0 Å². The van der Waals surface area contributed by atoms with Crippen molar-refractivity contribution in [1.82, 2.24) is 9.38 Å². The second kappa shape index (κ2) is 5.19. The Morgan fingerprint density at radius 1 is 1.11 bits per heavy atom. The van der Waals surface area contributed by atoms with Gasteiger partial charge in [0, 0.05) is 21.8 Å². The van der Waals surface area contributed by atoms with Crippen LogP contribution < -0.4 is 5.56 Å². The van der Waals surface area contributed by atoms with Gasteiger partial charge < -0.3 is 0 Å². The SMILES string of the molecule is O=c1c(Sc2ccccc2)cnc2ccc(Br)cn12. The van der Waals surface area contributed by atoms with E-state index < -0.39 is 0 Å². The first-order chi connectivity index (χ1) is 9.24. The number of fused-ring (bicyclic) bond motifs is 1. The molecule has 0 saturated carbocycles. The van der Waals surface area contributed by atoms with Crippen molar-refractivity contribution in [2.75, 3.05) is 0 Å². The summed E-state index contributed by atoms with van der Waals surface area (Å²) in [6.45, 7) is 0. The van der Waals surface area contributed by atoms with Gasteiger partial charge in [-0.3, -0.25) is 9.20 Å². The lowest BCUT2D eigenvalue weighted by atomic mass is 10.4. The summed E-state index contributed by atoms with van der Waals surface area (Å²) in [6.07, 6.45) is 3.36. The second-order valence-corrected chi connectivity index (χ2v) is 5.95. The van der Waals surface area contributed by atoms with E-state index in [4.69, 9.17) is 0 Å². The Kier molecular flexibility index (Phi) is 3.40. The molecule has 0 aliphatic heterocycles. The minimum Gasteiger partial charge on any atom is -0.268 e. The maximum absolute atomic E-state index is 12.4. The van der Waals surface area contributed by atoms with Crippen LogP contribution in [0.4, 0.5) is 0 Å². The molecule has 0 atom stereocenters. The highest BCUT2D eigenvalue weighted by atomic mass is 79.9. The minimum absolute atomic E-state index is 0.0554. The molecular formula is C14H9BrN2OS. The number of rotatable bonds is 2. The molecule has 0 N–H and O–H groups in total. The van der Waals surface area contributed by atoms with Gasteiger partial charge in [0.25, 0.3) is 5.56 Å². The summed E-state index contributed by atoms with van der Waals surface area (Å²) < 4.78 is 2.40. The Bertz CT molecular complexity index is 786. The van der Waals surface area contributed by atoms with Gasteiger partial charge in [-0.1, -0.05) is 30.0 Å². The fourth-order valence-electron chi connectivity index (χ4n) is 1.72. The number of nitrogens with zero attached hydrogens (tertiary/aromatic N) is 2. The molecule has 0 radical (unpaired) electrons. The fourth-order valence-corrected chi connectivity index (χ4v) is 2.89. The molecular weight excluding hydrogens is 324 g/mol. The normalized spacial score (nSPS) is 10.8. The molecule has 0 bridgehead atoms. The monoisotopic (exact) mass is 332 g/mol. The van der Waals surface area contributed by atoms with E-state index in [0.29, 0.717) is 10.5 Å².